The maximum absolute atomic E-state index is 5.74. The molecule has 0 saturated carbocycles. The Kier molecular flexibility index (Phi) is 6.41. The third-order valence-electron chi connectivity index (χ3n) is 2.48. The lowest BCUT2D eigenvalue weighted by molar-refractivity contribution is -0.0749. The predicted octanol–water partition coefficient (Wildman–Crippen LogP) is 2.34. The maximum Gasteiger partial charge on any atom is 0.0674 e. The normalized spacial score (nSPS) is 16.4. The van der Waals surface area contributed by atoms with Crippen LogP contribution in [0.5, 0.6) is 0 Å². The zero-order valence-electron chi connectivity index (χ0n) is 10.9. The van der Waals surface area contributed by atoms with Crippen molar-refractivity contribution in [1.29, 1.82) is 0 Å². The first-order chi connectivity index (χ1) is 6.83. The average molecular weight is 217 g/mol. The summed E-state index contributed by atoms with van der Waals surface area (Å²) in [6, 6.07) is 0. The summed E-state index contributed by atoms with van der Waals surface area (Å²) in [6.45, 7) is 12.4. The van der Waals surface area contributed by atoms with Gasteiger partial charge in [-0.3, -0.25) is 0 Å². The van der Waals surface area contributed by atoms with Crippen molar-refractivity contribution in [2.45, 2.75) is 58.7 Å². The standard InChI is InChI=1S/C12H27NO2/c1-6-12(5,15-10-8-13)7-9-14-11(2,3)4/h6-10,13H2,1-5H3. The topological polar surface area (TPSA) is 44.5 Å². The molecule has 3 nitrogen and oxygen atoms in total. The molecule has 0 amide bonds. The predicted molar refractivity (Wildman–Crippen MR) is 64.0 cm³/mol. The van der Waals surface area contributed by atoms with E-state index in [9.17, 15) is 0 Å². The summed E-state index contributed by atoms with van der Waals surface area (Å²) in [6.07, 6.45) is 1.90. The van der Waals surface area contributed by atoms with Gasteiger partial charge in [0.2, 0.25) is 0 Å². The Morgan fingerprint density at radius 1 is 1.00 bits per heavy atom. The van der Waals surface area contributed by atoms with Gasteiger partial charge in [-0.25, -0.2) is 0 Å². The van der Waals surface area contributed by atoms with Crippen LogP contribution in [0.3, 0.4) is 0 Å². The minimum Gasteiger partial charge on any atom is -0.376 e. The highest BCUT2D eigenvalue weighted by molar-refractivity contribution is 4.74. The minimum atomic E-state index is -0.0926. The molecule has 0 heterocycles. The van der Waals surface area contributed by atoms with E-state index in [1.54, 1.807) is 0 Å². The molecule has 0 aromatic rings. The van der Waals surface area contributed by atoms with Gasteiger partial charge in [0.1, 0.15) is 0 Å². The fraction of sp³-hybridized carbons (Fsp3) is 1.00. The maximum atomic E-state index is 5.74. The largest absolute Gasteiger partial charge is 0.376 e. The van der Waals surface area contributed by atoms with Gasteiger partial charge in [-0.1, -0.05) is 6.92 Å². The first-order valence-corrected chi connectivity index (χ1v) is 5.81. The monoisotopic (exact) mass is 217 g/mol. The van der Waals surface area contributed by atoms with Crippen molar-refractivity contribution in [3.8, 4) is 0 Å². The summed E-state index contributed by atoms with van der Waals surface area (Å²) < 4.78 is 11.4. The third kappa shape index (κ3) is 7.77. The van der Waals surface area contributed by atoms with Crippen LogP contribution >= 0.6 is 0 Å². The van der Waals surface area contributed by atoms with Crippen LogP contribution in [-0.2, 0) is 9.47 Å². The SMILES string of the molecule is CCC(C)(CCOC(C)(C)C)OCCN. The summed E-state index contributed by atoms with van der Waals surface area (Å²) in [7, 11) is 0. The van der Waals surface area contributed by atoms with Crippen LogP contribution in [-0.4, -0.2) is 31.0 Å². The molecule has 0 aliphatic carbocycles. The first-order valence-electron chi connectivity index (χ1n) is 5.81. The summed E-state index contributed by atoms with van der Waals surface area (Å²) in [5, 5.41) is 0. The van der Waals surface area contributed by atoms with Gasteiger partial charge in [-0.15, -0.1) is 0 Å². The lowest BCUT2D eigenvalue weighted by Gasteiger charge is -2.30. The molecule has 0 aliphatic heterocycles. The highest BCUT2D eigenvalue weighted by atomic mass is 16.5. The molecule has 0 spiro atoms. The van der Waals surface area contributed by atoms with Crippen molar-refractivity contribution >= 4 is 0 Å². The molecule has 15 heavy (non-hydrogen) atoms. The quantitative estimate of drug-likeness (QED) is 0.712. The smallest absolute Gasteiger partial charge is 0.0674 e. The van der Waals surface area contributed by atoms with Crippen LogP contribution in [0.4, 0.5) is 0 Å². The Labute approximate surface area is 94.3 Å². The summed E-state index contributed by atoms with van der Waals surface area (Å²) in [5.74, 6) is 0. The van der Waals surface area contributed by atoms with E-state index in [4.69, 9.17) is 15.2 Å². The molecular weight excluding hydrogens is 190 g/mol. The molecule has 0 aliphatic rings. The van der Waals surface area contributed by atoms with Gasteiger partial charge in [0, 0.05) is 6.54 Å². The average Bonchev–Trinajstić information content (AvgIpc) is 2.13. The van der Waals surface area contributed by atoms with E-state index < -0.39 is 0 Å². The van der Waals surface area contributed by atoms with E-state index in [1.165, 1.54) is 0 Å². The molecule has 0 radical (unpaired) electrons. The fourth-order valence-electron chi connectivity index (χ4n) is 1.23. The molecule has 2 N–H and O–H groups in total. The Morgan fingerprint density at radius 3 is 2.00 bits per heavy atom. The van der Waals surface area contributed by atoms with Crippen LogP contribution in [0, 0.1) is 0 Å². The molecule has 0 aromatic carbocycles. The molecule has 0 fully saturated rings. The van der Waals surface area contributed by atoms with Crippen molar-refractivity contribution < 1.29 is 9.47 Å². The number of hydrogen-bond donors (Lipinski definition) is 1. The lowest BCUT2D eigenvalue weighted by Crippen LogP contribution is -2.33. The van der Waals surface area contributed by atoms with Crippen LogP contribution in [0.25, 0.3) is 0 Å². The molecular formula is C12H27NO2. The molecule has 1 atom stereocenters. The molecule has 0 rings (SSSR count). The zero-order valence-corrected chi connectivity index (χ0v) is 10.9. The second-order valence-corrected chi connectivity index (χ2v) is 5.15. The van der Waals surface area contributed by atoms with Gasteiger partial charge < -0.3 is 15.2 Å². The summed E-state index contributed by atoms with van der Waals surface area (Å²) in [4.78, 5) is 0. The Morgan fingerprint density at radius 2 is 1.60 bits per heavy atom. The zero-order chi connectivity index (χ0) is 11.9. The number of hydrogen-bond acceptors (Lipinski definition) is 3. The van der Waals surface area contributed by atoms with Gasteiger partial charge in [-0.05, 0) is 40.5 Å². The number of rotatable bonds is 7. The molecule has 0 saturated heterocycles. The van der Waals surface area contributed by atoms with E-state index in [1.807, 2.05) is 0 Å². The second-order valence-electron chi connectivity index (χ2n) is 5.15. The van der Waals surface area contributed by atoms with Crippen LogP contribution in [0.2, 0.25) is 0 Å². The van der Waals surface area contributed by atoms with Crippen molar-refractivity contribution in [1.82, 2.24) is 0 Å². The molecule has 0 bridgehead atoms. The second kappa shape index (κ2) is 6.46. The third-order valence-corrected chi connectivity index (χ3v) is 2.48. The molecule has 92 valence electrons. The van der Waals surface area contributed by atoms with Gasteiger partial charge in [0.25, 0.3) is 0 Å². The van der Waals surface area contributed by atoms with E-state index in [0.717, 1.165) is 19.4 Å². The van der Waals surface area contributed by atoms with Crippen molar-refractivity contribution in [3.63, 3.8) is 0 Å². The van der Waals surface area contributed by atoms with Gasteiger partial charge >= 0.3 is 0 Å². The van der Waals surface area contributed by atoms with E-state index in [-0.39, 0.29) is 11.2 Å². The van der Waals surface area contributed by atoms with Gasteiger partial charge in [0.15, 0.2) is 0 Å². The molecule has 0 aromatic heterocycles. The highest BCUT2D eigenvalue weighted by Crippen LogP contribution is 2.21. The van der Waals surface area contributed by atoms with Gasteiger partial charge in [0.05, 0.1) is 24.4 Å². The highest BCUT2D eigenvalue weighted by Gasteiger charge is 2.23. The van der Waals surface area contributed by atoms with E-state index in [0.29, 0.717) is 13.2 Å². The summed E-state index contributed by atoms with van der Waals surface area (Å²) >= 11 is 0. The Balaban J connectivity index is 3.87. The lowest BCUT2D eigenvalue weighted by atomic mass is 9.99. The Bertz CT molecular complexity index is 165. The number of nitrogens with two attached hydrogens (primary N) is 1. The minimum absolute atomic E-state index is 0.0669. The van der Waals surface area contributed by atoms with Crippen molar-refractivity contribution in [3.05, 3.63) is 0 Å². The number of ether oxygens (including phenoxy) is 2. The van der Waals surface area contributed by atoms with Crippen LogP contribution in [0.15, 0.2) is 0 Å². The van der Waals surface area contributed by atoms with E-state index >= 15 is 0 Å². The first kappa shape index (κ1) is 14.9. The summed E-state index contributed by atoms with van der Waals surface area (Å²) in [5.41, 5.74) is 5.27. The van der Waals surface area contributed by atoms with Crippen LogP contribution in [0.1, 0.15) is 47.5 Å². The Hall–Kier alpha value is -0.120. The molecule has 1 unspecified atom stereocenters. The molecule has 3 heteroatoms. The van der Waals surface area contributed by atoms with Crippen LogP contribution < -0.4 is 5.73 Å². The fourth-order valence-corrected chi connectivity index (χ4v) is 1.23. The van der Waals surface area contributed by atoms with E-state index in [2.05, 4.69) is 34.6 Å². The van der Waals surface area contributed by atoms with Crippen molar-refractivity contribution in [2.24, 2.45) is 5.73 Å². The van der Waals surface area contributed by atoms with Gasteiger partial charge in [-0.2, -0.15) is 0 Å². The van der Waals surface area contributed by atoms with Crippen molar-refractivity contribution in [2.75, 3.05) is 19.8 Å².